The molecule has 3 atom stereocenters. The monoisotopic (exact) mass is 745 g/mol. The third-order valence-corrected chi connectivity index (χ3v) is 9.40. The van der Waals surface area contributed by atoms with Crippen molar-refractivity contribution in [1.29, 1.82) is 0 Å². The van der Waals surface area contributed by atoms with E-state index in [0.29, 0.717) is 12.8 Å². The number of hydrogen-bond acceptors (Lipinski definition) is 9. The van der Waals surface area contributed by atoms with Gasteiger partial charge in [0.2, 0.25) is 0 Å². The summed E-state index contributed by atoms with van der Waals surface area (Å²) in [5, 5.41) is 8.85. The maximum Gasteiger partial charge on any atom is 0.472 e. The van der Waals surface area contributed by atoms with Gasteiger partial charge in [0.25, 0.3) is 0 Å². The first kappa shape index (κ1) is 49.0. The van der Waals surface area contributed by atoms with E-state index in [9.17, 15) is 23.8 Å². The standard InChI is InChI=1S/C39H72NO10P/c1-3-5-7-9-11-13-14-15-16-17-18-19-20-21-22-23-25-26-28-30-37(41)47-32-35(33-48-51(45,46)49-34-36(40)39(43)44)50-38(42)31-29-27-24-12-10-8-6-4-2/h11,13,15-16,35-36H,3-10,12,14,17-34,40H2,1-2H3,(H,43,44)(H,45,46)/b13-11+,16-15+/t35-,36+/m0/s1. The second kappa shape index (κ2) is 35.0. The van der Waals surface area contributed by atoms with E-state index in [2.05, 4.69) is 42.7 Å². The van der Waals surface area contributed by atoms with Crippen LogP contribution in [0.15, 0.2) is 24.3 Å². The second-order valence-corrected chi connectivity index (χ2v) is 14.9. The summed E-state index contributed by atoms with van der Waals surface area (Å²) in [6, 6.07) is -1.52. The molecule has 1 unspecified atom stereocenters. The van der Waals surface area contributed by atoms with Gasteiger partial charge in [0.1, 0.15) is 12.6 Å². The van der Waals surface area contributed by atoms with Gasteiger partial charge >= 0.3 is 25.7 Å². The molecule has 0 heterocycles. The fraction of sp³-hybridized carbons (Fsp3) is 0.821. The van der Waals surface area contributed by atoms with Crippen molar-refractivity contribution in [3.8, 4) is 0 Å². The average Bonchev–Trinajstić information content (AvgIpc) is 3.10. The van der Waals surface area contributed by atoms with Gasteiger partial charge in [0, 0.05) is 12.8 Å². The molecule has 0 aliphatic heterocycles. The number of rotatable bonds is 37. The number of carbonyl (C=O) groups excluding carboxylic acids is 2. The van der Waals surface area contributed by atoms with Gasteiger partial charge < -0.3 is 25.2 Å². The van der Waals surface area contributed by atoms with Crippen LogP contribution < -0.4 is 5.73 Å². The number of phosphoric acid groups is 1. The number of unbranched alkanes of at least 4 members (excludes halogenated alkanes) is 19. The summed E-state index contributed by atoms with van der Waals surface area (Å²) in [6.07, 6.45) is 34.1. The Balaban J connectivity index is 4.28. The number of nitrogens with two attached hydrogens (primary N) is 1. The SMILES string of the molecule is CCCCC/C=C/C/C=C/CCCCCCCCCCCC(=O)OC[C@@H](COP(=O)(O)OC[C@@H](N)C(=O)O)OC(=O)CCCCCCCCCC. The minimum Gasteiger partial charge on any atom is -0.480 e. The lowest BCUT2D eigenvalue weighted by Crippen LogP contribution is -2.34. The molecule has 0 aliphatic rings. The number of hydrogen-bond donors (Lipinski definition) is 3. The summed E-state index contributed by atoms with van der Waals surface area (Å²) >= 11 is 0. The highest BCUT2D eigenvalue weighted by molar-refractivity contribution is 7.47. The van der Waals surface area contributed by atoms with E-state index in [1.807, 2.05) is 0 Å². The smallest absolute Gasteiger partial charge is 0.472 e. The lowest BCUT2D eigenvalue weighted by Gasteiger charge is -2.20. The van der Waals surface area contributed by atoms with E-state index >= 15 is 0 Å². The topological polar surface area (TPSA) is 172 Å². The first-order valence-electron chi connectivity index (χ1n) is 19.9. The third kappa shape index (κ3) is 34.8. The van der Waals surface area contributed by atoms with Gasteiger partial charge in [-0.2, -0.15) is 0 Å². The number of aliphatic carboxylic acids is 1. The Bertz CT molecular complexity index is 974. The number of ether oxygens (including phenoxy) is 2. The lowest BCUT2D eigenvalue weighted by atomic mass is 10.1. The molecule has 298 valence electrons. The van der Waals surface area contributed by atoms with Crippen LogP contribution in [0.1, 0.15) is 174 Å². The number of esters is 2. The molecule has 0 spiro atoms. The Kier molecular flexibility index (Phi) is 33.6. The van der Waals surface area contributed by atoms with Crippen molar-refractivity contribution in [3.63, 3.8) is 0 Å². The van der Waals surface area contributed by atoms with Crippen LogP contribution in [0.2, 0.25) is 0 Å². The minimum atomic E-state index is -4.70. The minimum absolute atomic E-state index is 0.162. The Morgan fingerprint density at radius 3 is 1.57 bits per heavy atom. The van der Waals surface area contributed by atoms with E-state index < -0.39 is 51.1 Å². The maximum atomic E-state index is 12.5. The molecule has 0 saturated heterocycles. The molecule has 12 heteroatoms. The molecule has 0 aliphatic carbocycles. The zero-order chi connectivity index (χ0) is 37.8. The summed E-state index contributed by atoms with van der Waals surface area (Å²) in [5.74, 6) is -2.39. The van der Waals surface area contributed by atoms with Crippen LogP contribution in [0.25, 0.3) is 0 Å². The van der Waals surface area contributed by atoms with Gasteiger partial charge in [-0.15, -0.1) is 0 Å². The summed E-state index contributed by atoms with van der Waals surface area (Å²) in [6.45, 7) is 2.72. The van der Waals surface area contributed by atoms with Gasteiger partial charge in [-0.25, -0.2) is 4.57 Å². The fourth-order valence-electron chi connectivity index (χ4n) is 5.27. The molecule has 51 heavy (non-hydrogen) atoms. The van der Waals surface area contributed by atoms with Crippen molar-refractivity contribution in [1.82, 2.24) is 0 Å². The van der Waals surface area contributed by atoms with Crippen molar-refractivity contribution in [2.45, 2.75) is 187 Å². The third-order valence-electron chi connectivity index (χ3n) is 8.45. The van der Waals surface area contributed by atoms with Gasteiger partial charge in [-0.05, 0) is 44.9 Å². The van der Waals surface area contributed by atoms with E-state index in [4.69, 9.17) is 24.8 Å². The lowest BCUT2D eigenvalue weighted by molar-refractivity contribution is -0.161. The van der Waals surface area contributed by atoms with Crippen LogP contribution >= 0.6 is 7.82 Å². The Hall–Kier alpha value is -2.04. The van der Waals surface area contributed by atoms with E-state index in [1.54, 1.807) is 0 Å². The van der Waals surface area contributed by atoms with Crippen LogP contribution in [-0.2, 0) is 37.5 Å². The molecule has 0 aromatic rings. The van der Waals surface area contributed by atoms with Crippen molar-refractivity contribution in [2.24, 2.45) is 5.73 Å². The van der Waals surface area contributed by atoms with Crippen LogP contribution in [0.5, 0.6) is 0 Å². The summed E-state index contributed by atoms with van der Waals surface area (Å²) in [5.41, 5.74) is 5.31. The van der Waals surface area contributed by atoms with Gasteiger partial charge in [-0.1, -0.05) is 141 Å². The molecule has 0 bridgehead atoms. The molecule has 0 saturated carbocycles. The zero-order valence-corrected chi connectivity index (χ0v) is 32.8. The Labute approximate surface area is 309 Å². The predicted octanol–water partition coefficient (Wildman–Crippen LogP) is 9.89. The van der Waals surface area contributed by atoms with Crippen molar-refractivity contribution in [2.75, 3.05) is 19.8 Å². The largest absolute Gasteiger partial charge is 0.480 e. The number of carboxylic acids is 1. The molecule has 0 rings (SSSR count). The highest BCUT2D eigenvalue weighted by Gasteiger charge is 2.28. The zero-order valence-electron chi connectivity index (χ0n) is 31.9. The molecule has 0 fully saturated rings. The average molecular weight is 746 g/mol. The molecule has 4 N–H and O–H groups in total. The molecular weight excluding hydrogens is 673 g/mol. The molecule has 0 aromatic carbocycles. The van der Waals surface area contributed by atoms with Crippen LogP contribution in [0, 0.1) is 0 Å². The van der Waals surface area contributed by atoms with Gasteiger partial charge in [-0.3, -0.25) is 23.4 Å². The van der Waals surface area contributed by atoms with Gasteiger partial charge in [0.15, 0.2) is 6.10 Å². The highest BCUT2D eigenvalue weighted by atomic mass is 31.2. The Morgan fingerprint density at radius 2 is 1.04 bits per heavy atom. The van der Waals surface area contributed by atoms with Crippen molar-refractivity contribution < 1.29 is 47.5 Å². The van der Waals surface area contributed by atoms with Gasteiger partial charge in [0.05, 0.1) is 13.2 Å². The fourth-order valence-corrected chi connectivity index (χ4v) is 6.05. The van der Waals surface area contributed by atoms with Crippen molar-refractivity contribution in [3.05, 3.63) is 24.3 Å². The first-order chi connectivity index (χ1) is 24.6. The van der Waals surface area contributed by atoms with E-state index in [0.717, 1.165) is 51.4 Å². The molecule has 0 aromatic heterocycles. The predicted molar refractivity (Wildman–Crippen MR) is 203 cm³/mol. The number of phosphoric ester groups is 1. The maximum absolute atomic E-state index is 12.5. The summed E-state index contributed by atoms with van der Waals surface area (Å²) in [4.78, 5) is 45.6. The van der Waals surface area contributed by atoms with Crippen LogP contribution in [0.3, 0.4) is 0 Å². The Morgan fingerprint density at radius 1 is 0.608 bits per heavy atom. The number of carboxylic acid groups (broad SMARTS) is 1. The first-order valence-corrected chi connectivity index (χ1v) is 21.4. The number of carbonyl (C=O) groups is 3. The van der Waals surface area contributed by atoms with E-state index in [1.165, 1.54) is 83.5 Å². The summed E-state index contributed by atoms with van der Waals surface area (Å²) < 4.78 is 32.5. The molecule has 0 amide bonds. The molecular formula is C39H72NO10P. The van der Waals surface area contributed by atoms with E-state index in [-0.39, 0.29) is 19.4 Å². The quantitative estimate of drug-likeness (QED) is 0.0239. The summed E-state index contributed by atoms with van der Waals surface area (Å²) in [7, 11) is -4.70. The molecule has 0 radical (unpaired) electrons. The molecule has 11 nitrogen and oxygen atoms in total. The van der Waals surface area contributed by atoms with Crippen LogP contribution in [0.4, 0.5) is 0 Å². The second-order valence-electron chi connectivity index (χ2n) is 13.4. The number of allylic oxidation sites excluding steroid dienone is 4. The van der Waals surface area contributed by atoms with Crippen LogP contribution in [-0.4, -0.2) is 59.9 Å². The highest BCUT2D eigenvalue weighted by Crippen LogP contribution is 2.43. The van der Waals surface area contributed by atoms with Crippen molar-refractivity contribution >= 4 is 25.7 Å². The normalized spacial score (nSPS) is 14.1.